The molecule has 1 N–H and O–H groups in total. The molecule has 1 saturated heterocycles. The van der Waals surface area contributed by atoms with Gasteiger partial charge in [0.2, 0.25) is 0 Å². The molecule has 0 atom stereocenters. The molecule has 0 unspecified atom stereocenters. The number of fused-ring (bicyclic) bond motifs is 5. The molecule has 3 heterocycles. The molecule has 2 aliphatic heterocycles. The minimum Gasteiger partial charge on any atom is -0.335 e. The third kappa shape index (κ3) is 6.28. The fourth-order valence-corrected chi connectivity index (χ4v) is 8.03. The second-order valence-corrected chi connectivity index (χ2v) is 15.2. The molecule has 10 nitrogen and oxygen atoms in total. The number of carbonyl (C=O) groups excluding carboxylic acids is 3. The molecule has 0 radical (unpaired) electrons. The van der Waals surface area contributed by atoms with Crippen molar-refractivity contribution in [3.63, 3.8) is 0 Å². The Balaban J connectivity index is 1.27. The molecule has 0 spiro atoms. The number of amides is 3. The largest absolute Gasteiger partial charge is 0.335 e. The van der Waals surface area contributed by atoms with E-state index in [2.05, 4.69) is 15.4 Å². The maximum absolute atomic E-state index is 14.3. The normalized spacial score (nSPS) is 16.9. The Morgan fingerprint density at radius 3 is 2.12 bits per heavy atom. The Hall–Kier alpha value is -4.74. The highest BCUT2D eigenvalue weighted by Gasteiger charge is 2.33. The van der Waals surface area contributed by atoms with Crippen molar-refractivity contribution in [1.29, 1.82) is 0 Å². The van der Waals surface area contributed by atoms with Gasteiger partial charge in [0.1, 0.15) is 0 Å². The van der Waals surface area contributed by atoms with E-state index in [0.29, 0.717) is 43.2 Å². The Kier molecular flexibility index (Phi) is 8.89. The molecule has 1 saturated carbocycles. The van der Waals surface area contributed by atoms with Gasteiger partial charge >= 0.3 is 10.2 Å². The number of benzene rings is 3. The quantitative estimate of drug-likeness (QED) is 0.299. The molecular weight excluding hydrogens is 639 g/mol. The molecule has 254 valence electrons. The number of piperazine rings is 1. The zero-order chi connectivity index (χ0) is 34.3. The molecule has 0 bridgehead atoms. The van der Waals surface area contributed by atoms with Crippen molar-refractivity contribution in [2.24, 2.45) is 0 Å². The van der Waals surface area contributed by atoms with Crippen molar-refractivity contribution in [3.05, 3.63) is 101 Å². The van der Waals surface area contributed by atoms with Crippen molar-refractivity contribution in [2.75, 3.05) is 40.3 Å². The monoisotopic (exact) mass is 679 g/mol. The van der Waals surface area contributed by atoms with Crippen molar-refractivity contribution >= 4 is 44.9 Å². The van der Waals surface area contributed by atoms with Crippen LogP contribution in [-0.2, 0) is 21.5 Å². The number of hydrogen-bond acceptors (Lipinski definition) is 5. The fraction of sp³-hybridized carbons (Fsp3) is 0.342. The Labute approximate surface area is 287 Å². The van der Waals surface area contributed by atoms with Crippen LogP contribution >= 0.6 is 0 Å². The predicted octanol–water partition coefficient (Wildman–Crippen LogP) is 5.27. The average Bonchev–Trinajstić information content (AvgIpc) is 3.33. The first kappa shape index (κ1) is 32.8. The zero-order valence-electron chi connectivity index (χ0n) is 27.9. The van der Waals surface area contributed by atoms with Crippen molar-refractivity contribution in [1.82, 2.24) is 23.4 Å². The molecule has 3 aliphatic rings. The van der Waals surface area contributed by atoms with Gasteiger partial charge in [0.15, 0.2) is 0 Å². The molecule has 11 heteroatoms. The maximum Gasteiger partial charge on any atom is 0.303 e. The van der Waals surface area contributed by atoms with Gasteiger partial charge in [-0.1, -0.05) is 67.8 Å². The van der Waals surface area contributed by atoms with E-state index in [-0.39, 0.29) is 23.9 Å². The molecule has 7 rings (SSSR count). The van der Waals surface area contributed by atoms with E-state index in [0.717, 1.165) is 57.7 Å². The van der Waals surface area contributed by atoms with Gasteiger partial charge in [-0.3, -0.25) is 14.4 Å². The van der Waals surface area contributed by atoms with Gasteiger partial charge < -0.3 is 14.4 Å². The standard InChI is InChI=1S/C38H41N5O5S/c1-40(2)49(47,48)39-36(44)29-17-18-32-33(24-29)43-25-30(38(46)42-21-19-41(20-22-42)37(45)27-13-7-4-8-14-27)23-28-15-9-10-16-31(28)35(43)34(32)26-11-5-3-6-12-26/h4,7-10,13-18,23-24,26H,3,5-6,11-12,19-22,25H2,1-2H3,(H,39,44). The fourth-order valence-electron chi connectivity index (χ4n) is 7.49. The smallest absolute Gasteiger partial charge is 0.303 e. The van der Waals surface area contributed by atoms with Crippen LogP contribution in [0.2, 0.25) is 0 Å². The topological polar surface area (TPSA) is 112 Å². The number of nitrogens with zero attached hydrogens (tertiary/aromatic N) is 4. The lowest BCUT2D eigenvalue weighted by molar-refractivity contribution is -0.128. The van der Waals surface area contributed by atoms with Crippen LogP contribution in [0.4, 0.5) is 0 Å². The lowest BCUT2D eigenvalue weighted by atomic mass is 9.81. The summed E-state index contributed by atoms with van der Waals surface area (Å²) in [5.41, 5.74) is 6.53. The first-order valence-corrected chi connectivity index (χ1v) is 18.4. The van der Waals surface area contributed by atoms with Gasteiger partial charge in [-0.25, -0.2) is 4.72 Å². The van der Waals surface area contributed by atoms with Crippen LogP contribution in [0, 0.1) is 0 Å². The minimum atomic E-state index is -3.99. The lowest BCUT2D eigenvalue weighted by Crippen LogP contribution is -2.51. The van der Waals surface area contributed by atoms with Crippen molar-refractivity contribution in [2.45, 2.75) is 44.6 Å². The average molecular weight is 680 g/mol. The number of aromatic nitrogens is 1. The number of rotatable bonds is 6. The third-order valence-corrected chi connectivity index (χ3v) is 11.5. The second kappa shape index (κ2) is 13.3. The van der Waals surface area contributed by atoms with Crippen LogP contribution in [0.25, 0.3) is 28.2 Å². The summed E-state index contributed by atoms with van der Waals surface area (Å²) >= 11 is 0. The summed E-state index contributed by atoms with van der Waals surface area (Å²) in [4.78, 5) is 44.3. The zero-order valence-corrected chi connectivity index (χ0v) is 28.7. The van der Waals surface area contributed by atoms with Crippen LogP contribution in [0.15, 0.2) is 78.4 Å². The van der Waals surface area contributed by atoms with Crippen LogP contribution in [0.1, 0.15) is 69.9 Å². The van der Waals surface area contributed by atoms with E-state index in [9.17, 15) is 22.8 Å². The van der Waals surface area contributed by atoms with Crippen LogP contribution in [0.5, 0.6) is 0 Å². The molecule has 49 heavy (non-hydrogen) atoms. The second-order valence-electron chi connectivity index (χ2n) is 13.3. The summed E-state index contributed by atoms with van der Waals surface area (Å²) in [7, 11) is -1.26. The molecular formula is C38H41N5O5S. The highest BCUT2D eigenvalue weighted by molar-refractivity contribution is 7.87. The summed E-state index contributed by atoms with van der Waals surface area (Å²) in [6.07, 6.45) is 7.59. The molecule has 3 amide bonds. The summed E-state index contributed by atoms with van der Waals surface area (Å²) in [5.74, 6) is -0.510. The van der Waals surface area contributed by atoms with Gasteiger partial charge in [0.25, 0.3) is 17.7 Å². The van der Waals surface area contributed by atoms with Gasteiger partial charge in [-0.2, -0.15) is 12.7 Å². The maximum atomic E-state index is 14.3. The lowest BCUT2D eigenvalue weighted by Gasteiger charge is -2.35. The third-order valence-electron chi connectivity index (χ3n) is 10.1. The number of carbonyl (C=O) groups is 3. The Bertz CT molecular complexity index is 2070. The summed E-state index contributed by atoms with van der Waals surface area (Å²) in [6, 6.07) is 22.7. The van der Waals surface area contributed by atoms with Crippen LogP contribution in [-0.4, -0.2) is 85.1 Å². The van der Waals surface area contributed by atoms with E-state index < -0.39 is 16.1 Å². The first-order valence-electron chi connectivity index (χ1n) is 17.0. The predicted molar refractivity (Wildman–Crippen MR) is 190 cm³/mol. The molecule has 4 aromatic rings. The highest BCUT2D eigenvalue weighted by Crippen LogP contribution is 2.46. The Morgan fingerprint density at radius 1 is 0.776 bits per heavy atom. The number of hydrogen-bond donors (Lipinski definition) is 1. The molecule has 1 aliphatic carbocycles. The van der Waals surface area contributed by atoms with Gasteiger partial charge in [0, 0.05) is 73.4 Å². The summed E-state index contributed by atoms with van der Waals surface area (Å²) < 4.78 is 30.3. The molecule has 2 fully saturated rings. The van der Waals surface area contributed by atoms with Crippen molar-refractivity contribution < 1.29 is 22.8 Å². The van der Waals surface area contributed by atoms with Gasteiger partial charge in [-0.15, -0.1) is 0 Å². The van der Waals surface area contributed by atoms with Crippen molar-refractivity contribution in [3.8, 4) is 11.3 Å². The first-order chi connectivity index (χ1) is 23.6. The van der Waals surface area contributed by atoms with Crippen LogP contribution < -0.4 is 4.72 Å². The number of nitrogens with one attached hydrogen (secondary N) is 1. The van der Waals surface area contributed by atoms with Gasteiger partial charge in [-0.05, 0) is 60.2 Å². The summed E-state index contributed by atoms with van der Waals surface area (Å²) in [6.45, 7) is 2.03. The molecule has 1 aromatic heterocycles. The van der Waals surface area contributed by atoms with E-state index in [1.807, 2.05) is 65.6 Å². The highest BCUT2D eigenvalue weighted by atomic mass is 32.2. The van der Waals surface area contributed by atoms with E-state index >= 15 is 0 Å². The van der Waals surface area contributed by atoms with Crippen LogP contribution in [0.3, 0.4) is 0 Å². The SMILES string of the molecule is CN(C)S(=O)(=O)NC(=O)c1ccc2c(C3CCCCC3)c3n(c2c1)CC(C(=O)N1CCN(C(=O)c2ccccc2)CC1)=Cc1ccccc1-3. The minimum absolute atomic E-state index is 0.0350. The van der Waals surface area contributed by atoms with Gasteiger partial charge in [0.05, 0.1) is 12.2 Å². The van der Waals surface area contributed by atoms with E-state index in [1.165, 1.54) is 26.1 Å². The van der Waals surface area contributed by atoms with E-state index in [1.54, 1.807) is 17.0 Å². The Morgan fingerprint density at radius 2 is 1.43 bits per heavy atom. The molecule has 3 aromatic carbocycles. The van der Waals surface area contributed by atoms with E-state index in [4.69, 9.17) is 0 Å². The summed E-state index contributed by atoms with van der Waals surface area (Å²) in [5, 5.41) is 1.02.